The van der Waals surface area contributed by atoms with Crippen molar-refractivity contribution < 1.29 is 14.7 Å². The molecule has 0 unspecified atom stereocenters. The van der Waals surface area contributed by atoms with Gasteiger partial charge in [-0.3, -0.25) is 9.78 Å². The van der Waals surface area contributed by atoms with Crippen molar-refractivity contribution in [2.24, 2.45) is 0 Å². The Balaban J connectivity index is 1.90. The van der Waals surface area contributed by atoms with Gasteiger partial charge >= 0.3 is 5.97 Å². The Morgan fingerprint density at radius 1 is 1.19 bits per heavy atom. The lowest BCUT2D eigenvalue weighted by molar-refractivity contribution is 0.0703. The average molecular weight is 298 g/mol. The predicted molar refractivity (Wildman–Crippen MR) is 81.0 cm³/mol. The molecule has 2 aromatic heterocycles. The number of rotatable bonds is 3. The van der Waals surface area contributed by atoms with Crippen LogP contribution in [-0.4, -0.2) is 22.0 Å². The van der Waals surface area contributed by atoms with Crippen LogP contribution in [-0.2, 0) is 0 Å². The van der Waals surface area contributed by atoms with E-state index in [4.69, 9.17) is 5.11 Å². The van der Waals surface area contributed by atoms with Crippen LogP contribution in [0.3, 0.4) is 0 Å². The Morgan fingerprint density at radius 2 is 2.05 bits per heavy atom. The van der Waals surface area contributed by atoms with Crippen LogP contribution in [0, 0.1) is 0 Å². The van der Waals surface area contributed by atoms with Crippen LogP contribution in [0.1, 0.15) is 20.0 Å². The Labute approximate surface area is 123 Å². The zero-order chi connectivity index (χ0) is 14.8. The number of benzene rings is 1. The Morgan fingerprint density at radius 3 is 2.86 bits per heavy atom. The number of thiophene rings is 1. The Hall–Kier alpha value is -2.73. The Bertz CT molecular complexity index is 842. The van der Waals surface area contributed by atoms with E-state index in [-0.39, 0.29) is 10.8 Å². The van der Waals surface area contributed by atoms with Crippen molar-refractivity contribution in [3.63, 3.8) is 0 Å². The number of nitrogens with one attached hydrogen (secondary N) is 1. The number of aromatic carboxylic acids is 1. The van der Waals surface area contributed by atoms with Crippen LogP contribution in [0.25, 0.3) is 10.9 Å². The molecule has 2 N–H and O–H groups in total. The van der Waals surface area contributed by atoms with Crippen molar-refractivity contribution in [2.75, 3.05) is 5.32 Å². The van der Waals surface area contributed by atoms with Crippen molar-refractivity contribution in [1.29, 1.82) is 0 Å². The minimum absolute atomic E-state index is 0.116. The summed E-state index contributed by atoms with van der Waals surface area (Å²) in [5.74, 6) is -1.40. The molecule has 0 saturated carbocycles. The SMILES string of the molecule is O=C(Nc1ccsc1C(=O)O)c1ccc2ncccc2c1. The molecule has 1 aromatic carbocycles. The van der Waals surface area contributed by atoms with Gasteiger partial charge in [-0.25, -0.2) is 4.79 Å². The number of carboxylic acids is 1. The van der Waals surface area contributed by atoms with Crippen molar-refractivity contribution in [3.8, 4) is 0 Å². The fraction of sp³-hybridized carbons (Fsp3) is 0. The lowest BCUT2D eigenvalue weighted by Gasteiger charge is -2.05. The molecular weight excluding hydrogens is 288 g/mol. The summed E-state index contributed by atoms with van der Waals surface area (Å²) in [4.78, 5) is 27.5. The van der Waals surface area contributed by atoms with Crippen LogP contribution >= 0.6 is 11.3 Å². The standard InChI is InChI=1S/C15H10N2O3S/c18-14(17-12-5-7-21-13(12)15(19)20)10-3-4-11-9(8-10)2-1-6-16-11/h1-8H,(H,17,18)(H,19,20). The maximum absolute atomic E-state index is 12.2. The number of anilines is 1. The van der Waals surface area contributed by atoms with Crippen LogP contribution in [0.4, 0.5) is 5.69 Å². The van der Waals surface area contributed by atoms with Crippen LogP contribution in [0.2, 0.25) is 0 Å². The van der Waals surface area contributed by atoms with Gasteiger partial charge < -0.3 is 10.4 Å². The summed E-state index contributed by atoms with van der Waals surface area (Å²) in [7, 11) is 0. The van der Waals surface area contributed by atoms with Crippen molar-refractivity contribution in [2.45, 2.75) is 0 Å². The van der Waals surface area contributed by atoms with Gasteiger partial charge in [0.1, 0.15) is 4.88 Å². The van der Waals surface area contributed by atoms with E-state index in [0.717, 1.165) is 22.2 Å². The summed E-state index contributed by atoms with van der Waals surface area (Å²) in [6, 6.07) is 10.4. The fourth-order valence-electron chi connectivity index (χ4n) is 1.98. The van der Waals surface area contributed by atoms with Gasteiger partial charge in [0, 0.05) is 17.1 Å². The maximum Gasteiger partial charge on any atom is 0.348 e. The molecule has 0 saturated heterocycles. The van der Waals surface area contributed by atoms with Gasteiger partial charge in [0.2, 0.25) is 0 Å². The largest absolute Gasteiger partial charge is 0.477 e. The third-order valence-electron chi connectivity index (χ3n) is 2.97. The molecule has 0 atom stereocenters. The summed E-state index contributed by atoms with van der Waals surface area (Å²) in [5.41, 5.74) is 1.57. The number of hydrogen-bond donors (Lipinski definition) is 2. The molecule has 0 spiro atoms. The highest BCUT2D eigenvalue weighted by Crippen LogP contribution is 2.23. The summed E-state index contributed by atoms with van der Waals surface area (Å²) in [6.07, 6.45) is 1.69. The highest BCUT2D eigenvalue weighted by Gasteiger charge is 2.15. The molecule has 1 amide bonds. The van der Waals surface area contributed by atoms with Gasteiger partial charge in [-0.05, 0) is 35.7 Å². The molecule has 0 bridgehead atoms. The summed E-state index contributed by atoms with van der Waals surface area (Å²) in [5, 5.41) is 14.1. The number of carboxylic acid groups (broad SMARTS) is 1. The monoisotopic (exact) mass is 298 g/mol. The van der Waals surface area contributed by atoms with E-state index in [0.29, 0.717) is 11.3 Å². The van der Waals surface area contributed by atoms with Gasteiger partial charge in [0.05, 0.1) is 11.2 Å². The zero-order valence-corrected chi connectivity index (χ0v) is 11.6. The molecule has 0 aliphatic heterocycles. The number of nitrogens with zero attached hydrogens (tertiary/aromatic N) is 1. The number of pyridine rings is 1. The minimum Gasteiger partial charge on any atom is -0.477 e. The minimum atomic E-state index is -1.05. The lowest BCUT2D eigenvalue weighted by Crippen LogP contribution is -2.13. The van der Waals surface area contributed by atoms with Gasteiger partial charge in [0.25, 0.3) is 5.91 Å². The third-order valence-corrected chi connectivity index (χ3v) is 3.88. The molecule has 0 fully saturated rings. The molecule has 0 aliphatic rings. The number of amides is 1. The average Bonchev–Trinajstić information content (AvgIpc) is 2.95. The summed E-state index contributed by atoms with van der Waals surface area (Å²) in [6.45, 7) is 0. The first-order valence-corrected chi connectivity index (χ1v) is 7.00. The highest BCUT2D eigenvalue weighted by atomic mass is 32.1. The number of aromatic nitrogens is 1. The second-order valence-electron chi connectivity index (χ2n) is 4.33. The topological polar surface area (TPSA) is 79.3 Å². The van der Waals surface area contributed by atoms with Gasteiger partial charge in [-0.15, -0.1) is 11.3 Å². The number of fused-ring (bicyclic) bond motifs is 1. The molecule has 3 rings (SSSR count). The predicted octanol–water partition coefficient (Wildman–Crippen LogP) is 3.25. The maximum atomic E-state index is 12.2. The quantitative estimate of drug-likeness (QED) is 0.778. The van der Waals surface area contributed by atoms with E-state index in [1.165, 1.54) is 0 Å². The zero-order valence-electron chi connectivity index (χ0n) is 10.7. The summed E-state index contributed by atoms with van der Waals surface area (Å²) < 4.78 is 0. The molecule has 0 radical (unpaired) electrons. The smallest absolute Gasteiger partial charge is 0.348 e. The fourth-order valence-corrected chi connectivity index (χ4v) is 2.67. The second kappa shape index (κ2) is 5.34. The molecule has 3 aromatic rings. The molecule has 2 heterocycles. The van der Waals surface area contributed by atoms with Crippen LogP contribution < -0.4 is 5.32 Å². The van der Waals surface area contributed by atoms with Crippen molar-refractivity contribution >= 4 is 39.8 Å². The van der Waals surface area contributed by atoms with Crippen molar-refractivity contribution in [3.05, 3.63) is 58.4 Å². The van der Waals surface area contributed by atoms with E-state index in [1.54, 1.807) is 41.9 Å². The van der Waals surface area contributed by atoms with Crippen molar-refractivity contribution in [1.82, 2.24) is 4.98 Å². The van der Waals surface area contributed by atoms with E-state index in [1.807, 2.05) is 6.07 Å². The number of carbonyl (C=O) groups excluding carboxylic acids is 1. The van der Waals surface area contributed by atoms with Gasteiger partial charge in [0.15, 0.2) is 0 Å². The molecule has 104 valence electrons. The lowest BCUT2D eigenvalue weighted by atomic mass is 10.1. The molecule has 0 aliphatic carbocycles. The van der Waals surface area contributed by atoms with Gasteiger partial charge in [-0.2, -0.15) is 0 Å². The first-order chi connectivity index (χ1) is 10.1. The molecular formula is C15H10N2O3S. The van der Waals surface area contributed by atoms with E-state index in [9.17, 15) is 9.59 Å². The number of carbonyl (C=O) groups is 2. The molecule has 5 nitrogen and oxygen atoms in total. The van der Waals surface area contributed by atoms with Crippen LogP contribution in [0.15, 0.2) is 48.0 Å². The molecule has 6 heteroatoms. The first kappa shape index (κ1) is 13.3. The van der Waals surface area contributed by atoms with E-state index in [2.05, 4.69) is 10.3 Å². The van der Waals surface area contributed by atoms with E-state index >= 15 is 0 Å². The third kappa shape index (κ3) is 2.61. The van der Waals surface area contributed by atoms with Crippen LogP contribution in [0.5, 0.6) is 0 Å². The summed E-state index contributed by atoms with van der Waals surface area (Å²) >= 11 is 1.07. The van der Waals surface area contributed by atoms with Gasteiger partial charge in [-0.1, -0.05) is 6.07 Å². The Kier molecular flexibility index (Phi) is 3.37. The normalized spacial score (nSPS) is 10.5. The highest BCUT2D eigenvalue weighted by molar-refractivity contribution is 7.12. The molecule has 21 heavy (non-hydrogen) atoms. The second-order valence-corrected chi connectivity index (χ2v) is 5.25. The first-order valence-electron chi connectivity index (χ1n) is 6.12. The van der Waals surface area contributed by atoms with E-state index < -0.39 is 5.97 Å². The number of hydrogen-bond acceptors (Lipinski definition) is 4.